The van der Waals surface area contributed by atoms with Crippen molar-refractivity contribution in [1.29, 1.82) is 0 Å². The number of nitrogens with one attached hydrogen (secondary N) is 1. The molecule has 0 bridgehead atoms. The SMILES string of the molecule is CC[C@@H](C)NC[C@@H](N)CN. The van der Waals surface area contributed by atoms with Crippen molar-refractivity contribution in [2.24, 2.45) is 11.5 Å². The van der Waals surface area contributed by atoms with E-state index in [0.29, 0.717) is 12.6 Å². The van der Waals surface area contributed by atoms with E-state index in [1.165, 1.54) is 0 Å². The third-order valence-electron chi connectivity index (χ3n) is 1.64. The summed E-state index contributed by atoms with van der Waals surface area (Å²) in [4.78, 5) is 0. The molecule has 0 saturated carbocycles. The van der Waals surface area contributed by atoms with Gasteiger partial charge in [0.25, 0.3) is 0 Å². The summed E-state index contributed by atoms with van der Waals surface area (Å²) in [6.45, 7) is 5.67. The molecule has 0 heterocycles. The highest BCUT2D eigenvalue weighted by molar-refractivity contribution is 4.67. The predicted molar refractivity (Wildman–Crippen MR) is 44.8 cm³/mol. The lowest BCUT2D eigenvalue weighted by Crippen LogP contribution is -2.42. The molecule has 0 aromatic heterocycles. The Balaban J connectivity index is 3.17. The van der Waals surface area contributed by atoms with Gasteiger partial charge in [-0.25, -0.2) is 0 Å². The molecular formula is C7H19N3. The van der Waals surface area contributed by atoms with Gasteiger partial charge in [0, 0.05) is 25.2 Å². The summed E-state index contributed by atoms with van der Waals surface area (Å²) in [5.74, 6) is 0. The van der Waals surface area contributed by atoms with Crippen LogP contribution in [0, 0.1) is 0 Å². The zero-order chi connectivity index (χ0) is 7.98. The lowest BCUT2D eigenvalue weighted by Gasteiger charge is -2.14. The van der Waals surface area contributed by atoms with Crippen molar-refractivity contribution in [2.45, 2.75) is 32.4 Å². The monoisotopic (exact) mass is 145 g/mol. The first kappa shape index (κ1) is 9.88. The zero-order valence-electron chi connectivity index (χ0n) is 6.93. The Labute approximate surface area is 63.2 Å². The molecule has 5 N–H and O–H groups in total. The topological polar surface area (TPSA) is 64.1 Å². The van der Waals surface area contributed by atoms with E-state index in [-0.39, 0.29) is 6.04 Å². The van der Waals surface area contributed by atoms with Crippen LogP contribution in [0.15, 0.2) is 0 Å². The Kier molecular flexibility index (Phi) is 5.58. The fourth-order valence-electron chi connectivity index (χ4n) is 0.580. The van der Waals surface area contributed by atoms with Crippen LogP contribution in [-0.4, -0.2) is 25.2 Å². The van der Waals surface area contributed by atoms with E-state index in [2.05, 4.69) is 19.2 Å². The van der Waals surface area contributed by atoms with Crippen LogP contribution in [0.5, 0.6) is 0 Å². The Bertz CT molecular complexity index is 65.3. The molecular weight excluding hydrogens is 126 g/mol. The average Bonchev–Trinajstić information content (AvgIpc) is 1.99. The molecule has 3 heteroatoms. The van der Waals surface area contributed by atoms with Gasteiger partial charge >= 0.3 is 0 Å². The third kappa shape index (κ3) is 4.73. The van der Waals surface area contributed by atoms with Crippen molar-refractivity contribution in [2.75, 3.05) is 13.1 Å². The second-order valence-corrected chi connectivity index (χ2v) is 2.71. The van der Waals surface area contributed by atoms with E-state index in [9.17, 15) is 0 Å². The fraction of sp³-hybridized carbons (Fsp3) is 1.00. The molecule has 0 saturated heterocycles. The Morgan fingerprint density at radius 3 is 2.50 bits per heavy atom. The van der Waals surface area contributed by atoms with Crippen LogP contribution in [0.4, 0.5) is 0 Å². The number of hydrogen-bond acceptors (Lipinski definition) is 3. The fourth-order valence-corrected chi connectivity index (χ4v) is 0.580. The van der Waals surface area contributed by atoms with E-state index < -0.39 is 0 Å². The maximum atomic E-state index is 5.59. The normalized spacial score (nSPS) is 16.8. The molecule has 62 valence electrons. The summed E-state index contributed by atoms with van der Waals surface area (Å²) in [5.41, 5.74) is 10.9. The average molecular weight is 145 g/mol. The van der Waals surface area contributed by atoms with Crippen molar-refractivity contribution >= 4 is 0 Å². The van der Waals surface area contributed by atoms with Crippen molar-refractivity contribution in [3.63, 3.8) is 0 Å². The van der Waals surface area contributed by atoms with Gasteiger partial charge < -0.3 is 16.8 Å². The molecule has 10 heavy (non-hydrogen) atoms. The molecule has 0 fully saturated rings. The first-order valence-corrected chi connectivity index (χ1v) is 3.89. The van der Waals surface area contributed by atoms with Crippen LogP contribution in [0.3, 0.4) is 0 Å². The van der Waals surface area contributed by atoms with Crippen LogP contribution in [0.25, 0.3) is 0 Å². The smallest absolute Gasteiger partial charge is 0.0290 e. The highest BCUT2D eigenvalue weighted by Gasteiger charge is 2.00. The van der Waals surface area contributed by atoms with Crippen LogP contribution < -0.4 is 16.8 Å². The van der Waals surface area contributed by atoms with Crippen molar-refractivity contribution in [3.8, 4) is 0 Å². The highest BCUT2D eigenvalue weighted by Crippen LogP contribution is 1.86. The van der Waals surface area contributed by atoms with E-state index in [1.807, 2.05) is 0 Å². The predicted octanol–water partition coefficient (Wildman–Crippen LogP) is -0.339. The Morgan fingerprint density at radius 1 is 1.50 bits per heavy atom. The molecule has 0 aliphatic carbocycles. The Hall–Kier alpha value is -0.120. The molecule has 0 rings (SSSR count). The number of hydrogen-bond donors (Lipinski definition) is 3. The molecule has 0 aromatic carbocycles. The van der Waals surface area contributed by atoms with Crippen LogP contribution >= 0.6 is 0 Å². The van der Waals surface area contributed by atoms with E-state index in [1.54, 1.807) is 0 Å². The van der Waals surface area contributed by atoms with Crippen molar-refractivity contribution in [1.82, 2.24) is 5.32 Å². The van der Waals surface area contributed by atoms with Gasteiger partial charge in [-0.1, -0.05) is 6.92 Å². The minimum atomic E-state index is 0.106. The van der Waals surface area contributed by atoms with E-state index >= 15 is 0 Å². The van der Waals surface area contributed by atoms with Gasteiger partial charge in [0.1, 0.15) is 0 Å². The maximum Gasteiger partial charge on any atom is 0.0290 e. The molecule has 0 aromatic rings. The molecule has 0 spiro atoms. The largest absolute Gasteiger partial charge is 0.329 e. The molecule has 0 unspecified atom stereocenters. The summed E-state index contributed by atoms with van der Waals surface area (Å²) in [7, 11) is 0. The number of rotatable bonds is 5. The van der Waals surface area contributed by atoms with E-state index in [4.69, 9.17) is 11.5 Å². The minimum absolute atomic E-state index is 0.106. The van der Waals surface area contributed by atoms with Crippen LogP contribution in [0.1, 0.15) is 20.3 Å². The summed E-state index contributed by atoms with van der Waals surface area (Å²) in [5, 5.41) is 3.28. The maximum absolute atomic E-state index is 5.59. The third-order valence-corrected chi connectivity index (χ3v) is 1.64. The summed E-state index contributed by atoms with van der Waals surface area (Å²) < 4.78 is 0. The zero-order valence-corrected chi connectivity index (χ0v) is 6.93. The standard InChI is InChI=1S/C7H19N3/c1-3-6(2)10-5-7(9)4-8/h6-7,10H,3-5,8-9H2,1-2H3/t6-,7+/m1/s1. The Morgan fingerprint density at radius 2 is 2.10 bits per heavy atom. The second-order valence-electron chi connectivity index (χ2n) is 2.71. The summed E-state index contributed by atoms with van der Waals surface area (Å²) in [6.07, 6.45) is 1.14. The number of nitrogens with two attached hydrogens (primary N) is 2. The molecule has 2 atom stereocenters. The van der Waals surface area contributed by atoms with Gasteiger partial charge in [-0.2, -0.15) is 0 Å². The first-order valence-electron chi connectivity index (χ1n) is 3.89. The van der Waals surface area contributed by atoms with Gasteiger partial charge in [0.2, 0.25) is 0 Å². The van der Waals surface area contributed by atoms with Gasteiger partial charge in [0.15, 0.2) is 0 Å². The lowest BCUT2D eigenvalue weighted by molar-refractivity contribution is 0.495. The van der Waals surface area contributed by atoms with Crippen molar-refractivity contribution < 1.29 is 0 Å². The molecule has 0 amide bonds. The van der Waals surface area contributed by atoms with Gasteiger partial charge in [-0.15, -0.1) is 0 Å². The second kappa shape index (κ2) is 5.65. The summed E-state index contributed by atoms with van der Waals surface area (Å²) in [6, 6.07) is 0.659. The molecule has 0 radical (unpaired) electrons. The van der Waals surface area contributed by atoms with Gasteiger partial charge in [-0.3, -0.25) is 0 Å². The van der Waals surface area contributed by atoms with Crippen LogP contribution in [-0.2, 0) is 0 Å². The molecule has 0 aliphatic heterocycles. The van der Waals surface area contributed by atoms with Gasteiger partial charge in [-0.05, 0) is 13.3 Å². The molecule has 0 aliphatic rings. The lowest BCUT2D eigenvalue weighted by atomic mass is 10.2. The van der Waals surface area contributed by atoms with E-state index in [0.717, 1.165) is 13.0 Å². The minimum Gasteiger partial charge on any atom is -0.329 e. The van der Waals surface area contributed by atoms with Crippen LogP contribution in [0.2, 0.25) is 0 Å². The van der Waals surface area contributed by atoms with Gasteiger partial charge in [0.05, 0.1) is 0 Å². The molecule has 3 nitrogen and oxygen atoms in total. The van der Waals surface area contributed by atoms with Crippen molar-refractivity contribution in [3.05, 3.63) is 0 Å². The quantitative estimate of drug-likeness (QED) is 0.496. The first-order chi connectivity index (χ1) is 4.70. The summed E-state index contributed by atoms with van der Waals surface area (Å²) >= 11 is 0. The highest BCUT2D eigenvalue weighted by atomic mass is 14.9.